The van der Waals surface area contributed by atoms with Crippen LogP contribution in [-0.2, 0) is 0 Å². The Labute approximate surface area is 146 Å². The summed E-state index contributed by atoms with van der Waals surface area (Å²) in [7, 11) is 1.67. The molecule has 122 valence electrons. The first-order valence-electron chi connectivity index (χ1n) is 8.05. The number of rotatable bonds is 4. The Morgan fingerprint density at radius 3 is 2.40 bits per heavy atom. The predicted octanol–water partition coefficient (Wildman–Crippen LogP) is 4.61. The van der Waals surface area contributed by atoms with Crippen molar-refractivity contribution in [2.45, 2.75) is 0 Å². The number of hydrogen-bond donors (Lipinski definition) is 0. The fourth-order valence-electron chi connectivity index (χ4n) is 2.81. The average molecular weight is 327 g/mol. The fraction of sp³-hybridized carbons (Fsp3) is 0.0476. The molecule has 2 aromatic heterocycles. The van der Waals surface area contributed by atoms with Crippen LogP contribution >= 0.6 is 0 Å². The first-order valence-corrected chi connectivity index (χ1v) is 8.05. The number of hydrogen-bond acceptors (Lipinski definition) is 3. The molecule has 4 rings (SSSR count). The molecule has 2 heterocycles. The molecule has 0 aliphatic carbocycles. The van der Waals surface area contributed by atoms with Gasteiger partial charge in [0.25, 0.3) is 0 Å². The molecule has 4 aromatic rings. The zero-order chi connectivity index (χ0) is 17.1. The minimum Gasteiger partial charge on any atom is -0.497 e. The second kappa shape index (κ2) is 6.61. The standard InChI is InChI=1S/C21H17N3O/c1-25-19-9-5-6-17(14-19)21-20(16-10-12-22-13-11-16)15-24(23-21)18-7-3-2-4-8-18/h2-15H,1H3. The highest BCUT2D eigenvalue weighted by molar-refractivity contribution is 5.81. The summed E-state index contributed by atoms with van der Waals surface area (Å²) in [5.74, 6) is 0.812. The third-order valence-corrected chi connectivity index (χ3v) is 4.07. The van der Waals surface area contributed by atoms with Crippen molar-refractivity contribution in [1.82, 2.24) is 14.8 Å². The fourth-order valence-corrected chi connectivity index (χ4v) is 2.81. The Kier molecular flexibility index (Phi) is 4.01. The summed E-state index contributed by atoms with van der Waals surface area (Å²) >= 11 is 0. The van der Waals surface area contributed by atoms with E-state index in [0.717, 1.165) is 33.8 Å². The highest BCUT2D eigenvalue weighted by atomic mass is 16.5. The van der Waals surface area contributed by atoms with Crippen LogP contribution in [0.5, 0.6) is 5.75 Å². The SMILES string of the molecule is COc1cccc(-c2nn(-c3ccccc3)cc2-c2ccncc2)c1. The summed E-state index contributed by atoms with van der Waals surface area (Å²) in [5, 5.41) is 4.84. The minimum absolute atomic E-state index is 0.812. The molecule has 2 aromatic carbocycles. The minimum atomic E-state index is 0.812. The van der Waals surface area contributed by atoms with Gasteiger partial charge in [0.2, 0.25) is 0 Å². The summed E-state index contributed by atoms with van der Waals surface area (Å²) < 4.78 is 7.28. The number of para-hydroxylation sites is 1. The summed E-state index contributed by atoms with van der Waals surface area (Å²) in [5.41, 5.74) is 5.08. The lowest BCUT2D eigenvalue weighted by molar-refractivity contribution is 0.415. The van der Waals surface area contributed by atoms with E-state index in [-0.39, 0.29) is 0 Å². The van der Waals surface area contributed by atoms with Crippen LogP contribution in [0.1, 0.15) is 0 Å². The molecule has 0 radical (unpaired) electrons. The van der Waals surface area contributed by atoms with Crippen LogP contribution in [0.4, 0.5) is 0 Å². The van der Waals surface area contributed by atoms with Gasteiger partial charge in [0.15, 0.2) is 0 Å². The molecule has 25 heavy (non-hydrogen) atoms. The van der Waals surface area contributed by atoms with Crippen LogP contribution < -0.4 is 4.74 Å². The zero-order valence-corrected chi connectivity index (χ0v) is 13.8. The molecule has 0 bridgehead atoms. The van der Waals surface area contributed by atoms with Crippen LogP contribution in [0.2, 0.25) is 0 Å². The van der Waals surface area contributed by atoms with Crippen LogP contribution in [0.3, 0.4) is 0 Å². The molecule has 0 unspecified atom stereocenters. The Morgan fingerprint density at radius 1 is 0.840 bits per heavy atom. The van der Waals surface area contributed by atoms with E-state index in [9.17, 15) is 0 Å². The molecule has 0 N–H and O–H groups in total. The van der Waals surface area contributed by atoms with Gasteiger partial charge in [0, 0.05) is 29.7 Å². The van der Waals surface area contributed by atoms with Gasteiger partial charge in [-0.25, -0.2) is 4.68 Å². The van der Waals surface area contributed by atoms with E-state index in [0.29, 0.717) is 0 Å². The second-order valence-electron chi connectivity index (χ2n) is 5.64. The van der Waals surface area contributed by atoms with Crippen molar-refractivity contribution in [2.75, 3.05) is 7.11 Å². The van der Waals surface area contributed by atoms with Crippen molar-refractivity contribution < 1.29 is 4.74 Å². The molecule has 0 spiro atoms. The van der Waals surface area contributed by atoms with Gasteiger partial charge in [-0.1, -0.05) is 30.3 Å². The Balaban J connectivity index is 1.91. The Hall–Kier alpha value is -3.40. The van der Waals surface area contributed by atoms with Gasteiger partial charge < -0.3 is 4.74 Å². The van der Waals surface area contributed by atoms with Gasteiger partial charge in [-0.05, 0) is 42.0 Å². The predicted molar refractivity (Wildman–Crippen MR) is 98.8 cm³/mol. The number of benzene rings is 2. The number of ether oxygens (including phenoxy) is 1. The van der Waals surface area contributed by atoms with Crippen molar-refractivity contribution in [3.05, 3.63) is 85.3 Å². The van der Waals surface area contributed by atoms with Crippen LogP contribution in [0, 0.1) is 0 Å². The van der Waals surface area contributed by atoms with E-state index < -0.39 is 0 Å². The first-order chi connectivity index (χ1) is 12.3. The topological polar surface area (TPSA) is 39.9 Å². The Bertz CT molecular complexity index is 978. The molecule has 0 atom stereocenters. The lowest BCUT2D eigenvalue weighted by atomic mass is 10.0. The highest BCUT2D eigenvalue weighted by Crippen LogP contribution is 2.33. The third-order valence-electron chi connectivity index (χ3n) is 4.07. The van der Waals surface area contributed by atoms with Crippen LogP contribution in [-0.4, -0.2) is 21.9 Å². The molecule has 4 nitrogen and oxygen atoms in total. The molecular formula is C21H17N3O. The zero-order valence-electron chi connectivity index (χ0n) is 13.8. The third kappa shape index (κ3) is 3.02. The molecule has 0 fully saturated rings. The van der Waals surface area contributed by atoms with Crippen molar-refractivity contribution in [1.29, 1.82) is 0 Å². The van der Waals surface area contributed by atoms with E-state index in [1.54, 1.807) is 19.5 Å². The molecule has 4 heteroatoms. The van der Waals surface area contributed by atoms with E-state index in [1.807, 2.05) is 71.4 Å². The van der Waals surface area contributed by atoms with Crippen molar-refractivity contribution in [3.8, 4) is 33.8 Å². The van der Waals surface area contributed by atoms with Gasteiger partial charge in [-0.15, -0.1) is 0 Å². The lowest BCUT2D eigenvalue weighted by Crippen LogP contribution is -1.94. The average Bonchev–Trinajstić information content (AvgIpc) is 3.15. The van der Waals surface area contributed by atoms with E-state index in [4.69, 9.17) is 9.84 Å². The highest BCUT2D eigenvalue weighted by Gasteiger charge is 2.14. The first kappa shape index (κ1) is 15.1. The number of methoxy groups -OCH3 is 1. The maximum absolute atomic E-state index is 5.37. The lowest BCUT2D eigenvalue weighted by Gasteiger charge is -2.05. The van der Waals surface area contributed by atoms with E-state index in [1.165, 1.54) is 0 Å². The largest absolute Gasteiger partial charge is 0.497 e. The quantitative estimate of drug-likeness (QED) is 0.549. The molecule has 0 amide bonds. The number of pyridine rings is 1. The summed E-state index contributed by atoms with van der Waals surface area (Å²) in [6.45, 7) is 0. The molecule has 0 aliphatic heterocycles. The van der Waals surface area contributed by atoms with E-state index in [2.05, 4.69) is 11.2 Å². The van der Waals surface area contributed by atoms with Crippen LogP contribution in [0.15, 0.2) is 85.3 Å². The van der Waals surface area contributed by atoms with Gasteiger partial charge >= 0.3 is 0 Å². The summed E-state index contributed by atoms with van der Waals surface area (Å²) in [6.07, 6.45) is 5.65. The smallest absolute Gasteiger partial charge is 0.119 e. The molecular weight excluding hydrogens is 310 g/mol. The van der Waals surface area contributed by atoms with Gasteiger partial charge in [-0.3, -0.25) is 4.98 Å². The Morgan fingerprint density at radius 2 is 1.64 bits per heavy atom. The van der Waals surface area contributed by atoms with Gasteiger partial charge in [-0.2, -0.15) is 5.10 Å². The van der Waals surface area contributed by atoms with Crippen molar-refractivity contribution >= 4 is 0 Å². The van der Waals surface area contributed by atoms with Gasteiger partial charge in [0.1, 0.15) is 11.4 Å². The molecule has 0 saturated heterocycles. The molecule has 0 saturated carbocycles. The number of aromatic nitrogens is 3. The van der Waals surface area contributed by atoms with E-state index >= 15 is 0 Å². The summed E-state index contributed by atoms with van der Waals surface area (Å²) in [4.78, 5) is 4.12. The van der Waals surface area contributed by atoms with Gasteiger partial charge in [0.05, 0.1) is 12.8 Å². The number of nitrogens with zero attached hydrogens (tertiary/aromatic N) is 3. The maximum Gasteiger partial charge on any atom is 0.119 e. The van der Waals surface area contributed by atoms with Crippen LogP contribution in [0.25, 0.3) is 28.1 Å². The van der Waals surface area contributed by atoms with Crippen molar-refractivity contribution in [2.24, 2.45) is 0 Å². The maximum atomic E-state index is 5.37. The van der Waals surface area contributed by atoms with Crippen molar-refractivity contribution in [3.63, 3.8) is 0 Å². The molecule has 0 aliphatic rings. The summed E-state index contributed by atoms with van der Waals surface area (Å²) in [6, 6.07) is 22.1. The monoisotopic (exact) mass is 327 g/mol. The normalized spacial score (nSPS) is 10.6. The second-order valence-corrected chi connectivity index (χ2v) is 5.64.